The molecular weight excluding hydrogens is 388 g/mol. The third kappa shape index (κ3) is 4.20. The van der Waals surface area contributed by atoms with Gasteiger partial charge < -0.3 is 4.90 Å². The molecule has 5 rings (SSSR count). The minimum Gasteiger partial charge on any atom is -0.367 e. The van der Waals surface area contributed by atoms with E-state index in [9.17, 15) is 0 Å². The van der Waals surface area contributed by atoms with Crippen molar-refractivity contribution in [3.8, 4) is 11.8 Å². The first-order chi connectivity index (χ1) is 14.8. The van der Waals surface area contributed by atoms with E-state index in [1.54, 1.807) is 0 Å². The van der Waals surface area contributed by atoms with Crippen LogP contribution in [-0.2, 0) is 6.54 Å². The highest BCUT2D eigenvalue weighted by Crippen LogP contribution is 2.26. The molecule has 1 aliphatic rings. The summed E-state index contributed by atoms with van der Waals surface area (Å²) < 4.78 is 8.86. The second kappa shape index (κ2) is 8.66. The van der Waals surface area contributed by atoms with Crippen LogP contribution in [0.15, 0.2) is 72.8 Å². The van der Waals surface area contributed by atoms with E-state index in [1.165, 1.54) is 23.0 Å². The normalized spacial score (nSPS) is 14.5. The van der Waals surface area contributed by atoms with Crippen molar-refractivity contribution in [2.75, 3.05) is 31.1 Å². The Bertz CT molecular complexity index is 1200. The maximum Gasteiger partial charge on any atom is 0.128 e. The Kier molecular flexibility index (Phi) is 5.43. The summed E-state index contributed by atoms with van der Waals surface area (Å²) in [7, 11) is 0. The molecule has 0 saturated carbocycles. The Morgan fingerprint density at radius 1 is 0.767 bits per heavy atom. The summed E-state index contributed by atoms with van der Waals surface area (Å²) in [6.45, 7) is 5.03. The van der Waals surface area contributed by atoms with E-state index >= 15 is 0 Å². The minimum absolute atomic E-state index is 0.956. The van der Waals surface area contributed by atoms with E-state index in [-0.39, 0.29) is 0 Å². The molecule has 1 aliphatic heterocycles. The summed E-state index contributed by atoms with van der Waals surface area (Å²) in [5.74, 6) is 6.54. The number of piperazine rings is 1. The number of hydrogen-bond donors (Lipinski definition) is 0. The molecule has 1 fully saturated rings. The largest absolute Gasteiger partial charge is 0.367 e. The number of rotatable bonds is 3. The highest BCUT2D eigenvalue weighted by Gasteiger charge is 2.19. The van der Waals surface area contributed by atoms with E-state index in [4.69, 9.17) is 0 Å². The van der Waals surface area contributed by atoms with E-state index in [0.717, 1.165) is 54.9 Å². The maximum atomic E-state index is 4.49. The zero-order valence-electron chi connectivity index (χ0n) is 16.7. The van der Waals surface area contributed by atoms with Gasteiger partial charge in [-0.3, -0.25) is 4.90 Å². The molecule has 3 aromatic carbocycles. The van der Waals surface area contributed by atoms with Gasteiger partial charge in [0.2, 0.25) is 0 Å². The van der Waals surface area contributed by atoms with Crippen molar-refractivity contribution in [3.05, 3.63) is 89.5 Å². The molecular formula is C25H22N4S. The SMILES string of the molecule is C(#Cc1cccc(CN2CCN(c3cccc4nsnc34)CC2)c1)c1ccccc1. The Labute approximate surface area is 181 Å². The molecule has 4 aromatic rings. The highest BCUT2D eigenvalue weighted by atomic mass is 32.1. The Morgan fingerprint density at radius 3 is 2.40 bits per heavy atom. The third-order valence-corrected chi connectivity index (χ3v) is 5.98. The highest BCUT2D eigenvalue weighted by molar-refractivity contribution is 7.00. The van der Waals surface area contributed by atoms with Crippen molar-refractivity contribution in [2.24, 2.45) is 0 Å². The monoisotopic (exact) mass is 410 g/mol. The summed E-state index contributed by atoms with van der Waals surface area (Å²) in [5.41, 5.74) is 6.66. The van der Waals surface area contributed by atoms with Crippen LogP contribution in [0, 0.1) is 11.8 Å². The molecule has 5 heteroatoms. The fraction of sp³-hybridized carbons (Fsp3) is 0.200. The Morgan fingerprint density at radius 2 is 1.53 bits per heavy atom. The number of hydrogen-bond acceptors (Lipinski definition) is 5. The molecule has 30 heavy (non-hydrogen) atoms. The molecule has 0 N–H and O–H groups in total. The van der Waals surface area contributed by atoms with Gasteiger partial charge in [0, 0.05) is 43.9 Å². The number of anilines is 1. The summed E-state index contributed by atoms with van der Waals surface area (Å²) in [6, 6.07) is 25.0. The number of fused-ring (bicyclic) bond motifs is 1. The lowest BCUT2D eigenvalue weighted by molar-refractivity contribution is 0.250. The van der Waals surface area contributed by atoms with Gasteiger partial charge in [-0.15, -0.1) is 0 Å². The van der Waals surface area contributed by atoms with Crippen LogP contribution in [0.25, 0.3) is 11.0 Å². The van der Waals surface area contributed by atoms with Crippen LogP contribution < -0.4 is 4.90 Å². The van der Waals surface area contributed by atoms with E-state index in [2.05, 4.69) is 66.8 Å². The summed E-state index contributed by atoms with van der Waals surface area (Å²) >= 11 is 1.29. The Hall–Kier alpha value is -3.20. The maximum absolute atomic E-state index is 4.49. The van der Waals surface area contributed by atoms with E-state index in [1.807, 2.05) is 36.4 Å². The fourth-order valence-corrected chi connectivity index (χ4v) is 4.41. The first-order valence-corrected chi connectivity index (χ1v) is 10.9. The molecule has 1 aromatic heterocycles. The van der Waals surface area contributed by atoms with Gasteiger partial charge in [0.05, 0.1) is 17.4 Å². The van der Waals surface area contributed by atoms with Crippen LogP contribution in [0.4, 0.5) is 5.69 Å². The standard InChI is InChI=1S/C25H22N4S/c1-2-6-20(7-3-1)12-13-21-8-4-9-22(18-21)19-28-14-16-29(17-15-28)24-11-5-10-23-25(24)27-30-26-23/h1-11,18H,14-17,19H2. The van der Waals surface area contributed by atoms with Crippen LogP contribution in [-0.4, -0.2) is 39.8 Å². The average Bonchev–Trinajstić information content (AvgIpc) is 3.28. The van der Waals surface area contributed by atoms with Crippen molar-refractivity contribution >= 4 is 28.4 Å². The first kappa shape index (κ1) is 18.8. The van der Waals surface area contributed by atoms with Crippen molar-refractivity contribution in [1.82, 2.24) is 13.6 Å². The molecule has 1 saturated heterocycles. The molecule has 0 bridgehead atoms. The van der Waals surface area contributed by atoms with Crippen molar-refractivity contribution < 1.29 is 0 Å². The molecule has 4 nitrogen and oxygen atoms in total. The summed E-state index contributed by atoms with van der Waals surface area (Å²) in [5, 5.41) is 0. The molecule has 148 valence electrons. The molecule has 2 heterocycles. The lowest BCUT2D eigenvalue weighted by atomic mass is 10.1. The van der Waals surface area contributed by atoms with Gasteiger partial charge in [-0.1, -0.05) is 48.2 Å². The van der Waals surface area contributed by atoms with Gasteiger partial charge in [-0.25, -0.2) is 0 Å². The second-order valence-corrected chi connectivity index (χ2v) is 8.02. The van der Waals surface area contributed by atoms with Crippen LogP contribution in [0.2, 0.25) is 0 Å². The van der Waals surface area contributed by atoms with Gasteiger partial charge in [-0.05, 0) is 42.0 Å². The summed E-state index contributed by atoms with van der Waals surface area (Å²) in [4.78, 5) is 4.95. The molecule has 0 spiro atoms. The lowest BCUT2D eigenvalue weighted by Gasteiger charge is -2.36. The van der Waals surface area contributed by atoms with Gasteiger partial charge in [0.15, 0.2) is 0 Å². The quantitative estimate of drug-likeness (QED) is 0.468. The van der Waals surface area contributed by atoms with Gasteiger partial charge in [0.1, 0.15) is 11.0 Å². The summed E-state index contributed by atoms with van der Waals surface area (Å²) in [6.07, 6.45) is 0. The van der Waals surface area contributed by atoms with Crippen LogP contribution in [0.3, 0.4) is 0 Å². The number of aromatic nitrogens is 2. The smallest absolute Gasteiger partial charge is 0.128 e. The Balaban J connectivity index is 1.23. The van der Waals surface area contributed by atoms with Gasteiger partial charge in [-0.2, -0.15) is 8.75 Å². The van der Waals surface area contributed by atoms with E-state index < -0.39 is 0 Å². The first-order valence-electron chi connectivity index (χ1n) is 10.2. The van der Waals surface area contributed by atoms with Crippen LogP contribution >= 0.6 is 11.7 Å². The predicted molar refractivity (Wildman–Crippen MR) is 124 cm³/mol. The molecule has 0 atom stereocenters. The number of benzene rings is 3. The van der Waals surface area contributed by atoms with Crippen molar-refractivity contribution in [3.63, 3.8) is 0 Å². The van der Waals surface area contributed by atoms with Gasteiger partial charge in [0.25, 0.3) is 0 Å². The van der Waals surface area contributed by atoms with E-state index in [0.29, 0.717) is 0 Å². The van der Waals surface area contributed by atoms with Crippen molar-refractivity contribution in [1.29, 1.82) is 0 Å². The average molecular weight is 411 g/mol. The lowest BCUT2D eigenvalue weighted by Crippen LogP contribution is -2.46. The molecule has 0 radical (unpaired) electrons. The molecule has 0 amide bonds. The second-order valence-electron chi connectivity index (χ2n) is 7.49. The van der Waals surface area contributed by atoms with Gasteiger partial charge >= 0.3 is 0 Å². The minimum atomic E-state index is 0.956. The third-order valence-electron chi connectivity index (χ3n) is 5.44. The van der Waals surface area contributed by atoms with Crippen LogP contribution in [0.5, 0.6) is 0 Å². The zero-order chi connectivity index (χ0) is 20.2. The fourth-order valence-electron chi connectivity index (χ4n) is 3.87. The van der Waals surface area contributed by atoms with Crippen LogP contribution in [0.1, 0.15) is 16.7 Å². The predicted octanol–water partition coefficient (Wildman–Crippen LogP) is 4.41. The molecule has 0 aliphatic carbocycles. The molecule has 0 unspecified atom stereocenters. The van der Waals surface area contributed by atoms with Crippen molar-refractivity contribution in [2.45, 2.75) is 6.54 Å². The topological polar surface area (TPSA) is 32.3 Å². The number of nitrogens with zero attached hydrogens (tertiary/aromatic N) is 4. The zero-order valence-corrected chi connectivity index (χ0v) is 17.5.